The number of pyridine rings is 1. The van der Waals surface area contributed by atoms with E-state index in [2.05, 4.69) is 32.0 Å². The number of nitrogens with one attached hydrogen (secondary N) is 2. The number of aromatic nitrogens is 1. The average Bonchev–Trinajstić information content (AvgIpc) is 1.70. The van der Waals surface area contributed by atoms with E-state index in [9.17, 15) is 27.4 Å². The van der Waals surface area contributed by atoms with Crippen LogP contribution in [0.4, 0.5) is 11.4 Å². The third kappa shape index (κ3) is 30.5. The molecule has 27 heteroatoms. The number of carboxylic acid groups (broad SMARTS) is 1. The lowest BCUT2D eigenvalue weighted by Crippen LogP contribution is -2.45. The Morgan fingerprint density at radius 1 is 0.573 bits per heavy atom. The van der Waals surface area contributed by atoms with Crippen LogP contribution in [-0.2, 0) is 87.9 Å². The first-order valence-corrected chi connectivity index (χ1v) is 29.0. The van der Waals surface area contributed by atoms with Gasteiger partial charge in [-0.15, -0.1) is 0 Å². The molecule has 5 N–H and O–H groups in total. The lowest BCUT2D eigenvalue weighted by atomic mass is 9.98. The molecule has 2 amide bonds. The number of hydrogen-bond acceptors (Lipinski definition) is 20. The van der Waals surface area contributed by atoms with E-state index in [0.717, 1.165) is 52.2 Å². The fourth-order valence-corrected chi connectivity index (χ4v) is 8.53. The van der Waals surface area contributed by atoms with E-state index in [1.807, 2.05) is 59.9 Å². The lowest BCUT2D eigenvalue weighted by molar-refractivity contribution is -0.659. The molecule has 0 saturated carbocycles. The number of aliphatic carboxylic acids is 1. The van der Waals surface area contributed by atoms with Gasteiger partial charge in [0.25, 0.3) is 0 Å². The van der Waals surface area contributed by atoms with Gasteiger partial charge >= 0.3 is 5.97 Å². The van der Waals surface area contributed by atoms with Gasteiger partial charge in [0.05, 0.1) is 185 Å². The molecule has 456 valence electrons. The predicted molar refractivity (Wildman–Crippen MR) is 300 cm³/mol. The van der Waals surface area contributed by atoms with Crippen molar-refractivity contribution in [2.45, 2.75) is 44.7 Å². The Morgan fingerprint density at radius 3 is 1.50 bits per heavy atom. The predicted octanol–water partition coefficient (Wildman–Crippen LogP) is 3.85. The number of anilines is 1. The first kappa shape index (κ1) is 68.8. The molecule has 0 radical (unpaired) electrons. The van der Waals surface area contributed by atoms with E-state index >= 15 is 0 Å². The van der Waals surface area contributed by atoms with Crippen LogP contribution >= 0.6 is 0 Å². The van der Waals surface area contributed by atoms with Crippen LogP contribution in [0, 0.1) is 0 Å². The number of aryl methyl sites for hydroxylation is 1. The molecule has 0 spiro atoms. The Balaban J connectivity index is 0.832. The summed E-state index contributed by atoms with van der Waals surface area (Å²) in [5.41, 5.74) is 19.7. The van der Waals surface area contributed by atoms with Crippen molar-refractivity contribution in [3.63, 3.8) is 0 Å². The van der Waals surface area contributed by atoms with Gasteiger partial charge in [-0.3, -0.25) is 9.59 Å². The Labute approximate surface area is 478 Å². The molecule has 26 nitrogen and oxygen atoms in total. The minimum absolute atomic E-state index is 0.0126. The number of nitrogens with zero attached hydrogens (tertiary/aromatic N) is 4. The Morgan fingerprint density at radius 2 is 1.04 bits per heavy atom. The smallest absolute Gasteiger partial charge is 0.327 e. The normalized spacial score (nSPS) is 12.0. The second-order valence-corrected chi connectivity index (χ2v) is 19.5. The van der Waals surface area contributed by atoms with Crippen LogP contribution in [0.1, 0.15) is 32.1 Å². The third-order valence-corrected chi connectivity index (χ3v) is 12.5. The van der Waals surface area contributed by atoms with E-state index in [1.54, 1.807) is 0 Å². The summed E-state index contributed by atoms with van der Waals surface area (Å²) in [5.74, 6) is -3.64. The van der Waals surface area contributed by atoms with Crippen molar-refractivity contribution in [2.24, 2.45) is 5.11 Å². The number of carbonyl (C=O) groups is 3. The molecule has 1 aromatic heterocycles. The first-order valence-electron chi connectivity index (χ1n) is 27.4. The topological polar surface area (TPSA) is 342 Å². The molecular weight excluding hydrogens is 1090 g/mol. The molecule has 0 aliphatic carbocycles. The van der Waals surface area contributed by atoms with Gasteiger partial charge in [0.15, 0.2) is 0 Å². The highest BCUT2D eigenvalue weighted by Gasteiger charge is 2.25. The van der Waals surface area contributed by atoms with Crippen molar-refractivity contribution in [3.05, 3.63) is 77.2 Å². The quantitative estimate of drug-likeness (QED) is 0.00713. The molecule has 1 heterocycles. The summed E-state index contributed by atoms with van der Waals surface area (Å²) in [6.45, 7) is 10.2. The minimum Gasteiger partial charge on any atom is -0.748 e. The zero-order valence-electron chi connectivity index (χ0n) is 46.6. The summed E-state index contributed by atoms with van der Waals surface area (Å²) in [6, 6.07) is 20.1. The molecule has 0 fully saturated rings. The number of ether oxygens (including phenoxy) is 12. The van der Waals surface area contributed by atoms with Crippen molar-refractivity contribution >= 4 is 61.0 Å². The molecule has 0 aliphatic heterocycles. The number of rotatable bonds is 51. The molecule has 3 aromatic carbocycles. The molecule has 0 bridgehead atoms. The molecule has 0 aliphatic rings. The zero-order chi connectivity index (χ0) is 58.7. The Kier molecular flexibility index (Phi) is 36.1. The number of nitrogens with two attached hydrogens (primary N) is 1. The van der Waals surface area contributed by atoms with Crippen molar-refractivity contribution in [1.29, 1.82) is 0 Å². The van der Waals surface area contributed by atoms with E-state index in [0.29, 0.717) is 170 Å². The summed E-state index contributed by atoms with van der Waals surface area (Å²) >= 11 is 0. The average molecular weight is 1180 g/mol. The van der Waals surface area contributed by atoms with E-state index < -0.39 is 33.8 Å². The Bertz CT molecular complexity index is 2600. The highest BCUT2D eigenvalue weighted by atomic mass is 32.2. The summed E-state index contributed by atoms with van der Waals surface area (Å²) in [5, 5.41) is 20.9. The maximum absolute atomic E-state index is 12.6. The summed E-state index contributed by atoms with van der Waals surface area (Å²) < 4.78 is 100. The van der Waals surface area contributed by atoms with Crippen LogP contribution in [0.5, 0.6) is 0 Å². The van der Waals surface area contributed by atoms with Gasteiger partial charge in [-0.05, 0) is 48.7 Å². The van der Waals surface area contributed by atoms with Gasteiger partial charge < -0.3 is 82.9 Å². The molecule has 0 saturated heterocycles. The largest absolute Gasteiger partial charge is 0.748 e. The Hall–Kier alpha value is -5.72. The first-order chi connectivity index (χ1) is 40.0. The molecule has 0 unspecified atom stereocenters. The number of nitrogen functional groups attached to an aromatic ring is 1. The SMILES string of the molecule is [N-]=[N+]=Nc1ccc2c3ccc(N)cc3c(-c3ccccc3)[n+](CCCCCC(=O)NCCOCCOCCOCCOCCOCCOCCOCCOCCOCCOCCOCCOCCC(=O)N[C@@H](CS(=O)(=O)[O-])C(=O)O)c2c1. The van der Waals surface area contributed by atoms with Crippen LogP contribution in [0.3, 0.4) is 0 Å². The zero-order valence-corrected chi connectivity index (χ0v) is 47.4. The monoisotopic (exact) mass is 1180 g/mol. The van der Waals surface area contributed by atoms with Crippen LogP contribution in [0.15, 0.2) is 71.8 Å². The standard InChI is InChI=1S/C55H81N7O19S/c56-45-10-12-47-48-13-11-46(60-61-57)42-51(48)62(54(49(47)41-45)44-7-3-1-4-8-44)16-6-2-5-9-52(63)58-15-18-71-20-22-73-24-26-75-28-30-77-32-34-79-36-38-81-40-39-80-37-35-78-33-31-76-29-27-74-25-23-72-21-19-70-17-14-53(64)59-50(55(65)66)43-82(67,68)69/h1,3-4,7-8,10-13,41-42,50H,2,5-6,9,14-40,43,56H2,(H3-,58,59,63,64,65,66,67,68,69)/t50-/m0/s1. The van der Waals surface area contributed by atoms with Gasteiger partial charge in [0.2, 0.25) is 23.0 Å². The highest BCUT2D eigenvalue weighted by molar-refractivity contribution is 7.85. The summed E-state index contributed by atoms with van der Waals surface area (Å²) in [6.07, 6.45) is 2.62. The van der Waals surface area contributed by atoms with Gasteiger partial charge in [0, 0.05) is 59.1 Å². The maximum Gasteiger partial charge on any atom is 0.327 e. The number of amides is 2. The molecule has 1 atom stereocenters. The van der Waals surface area contributed by atoms with Gasteiger partial charge in [0.1, 0.15) is 12.6 Å². The number of benzene rings is 3. The molecular formula is C55H81N7O19S. The second-order valence-electron chi connectivity index (χ2n) is 18.0. The van der Waals surface area contributed by atoms with Gasteiger partial charge in [-0.2, -0.15) is 4.57 Å². The van der Waals surface area contributed by atoms with Gasteiger partial charge in [-0.25, -0.2) is 13.2 Å². The molecule has 82 heavy (non-hydrogen) atoms. The number of azide groups is 1. The second kappa shape index (κ2) is 43.0. The van der Waals surface area contributed by atoms with E-state index in [-0.39, 0.29) is 32.1 Å². The number of unbranched alkanes of at least 4 members (excludes halogenated alkanes) is 2. The summed E-state index contributed by atoms with van der Waals surface area (Å²) in [4.78, 5) is 38.3. The summed E-state index contributed by atoms with van der Waals surface area (Å²) in [7, 11) is -4.82. The van der Waals surface area contributed by atoms with Crippen molar-refractivity contribution < 1.29 is 93.9 Å². The van der Waals surface area contributed by atoms with Crippen LogP contribution < -0.4 is 20.9 Å². The van der Waals surface area contributed by atoms with E-state index in [4.69, 9.17) is 73.2 Å². The van der Waals surface area contributed by atoms with Gasteiger partial charge in [-0.1, -0.05) is 35.4 Å². The van der Waals surface area contributed by atoms with Crippen molar-refractivity contribution in [2.75, 3.05) is 177 Å². The number of carbonyl (C=O) groups excluding carboxylic acids is 2. The molecule has 4 rings (SSSR count). The fraction of sp³-hybridized carbons (Fsp3) is 0.600. The molecule has 4 aromatic rings. The highest BCUT2D eigenvalue weighted by Crippen LogP contribution is 2.34. The number of fused-ring (bicyclic) bond motifs is 3. The van der Waals surface area contributed by atoms with E-state index in [1.165, 1.54) is 0 Å². The number of hydrogen-bond donors (Lipinski definition) is 4. The van der Waals surface area contributed by atoms with Crippen LogP contribution in [0.2, 0.25) is 0 Å². The third-order valence-electron chi connectivity index (χ3n) is 11.8. The van der Waals surface area contributed by atoms with Crippen LogP contribution in [-0.4, -0.2) is 213 Å². The number of carboxylic acids is 1. The minimum atomic E-state index is -4.82. The lowest BCUT2D eigenvalue weighted by Gasteiger charge is -2.16. The maximum atomic E-state index is 12.6. The fourth-order valence-electron chi connectivity index (χ4n) is 7.90. The van der Waals surface area contributed by atoms with Crippen molar-refractivity contribution in [1.82, 2.24) is 10.6 Å². The van der Waals surface area contributed by atoms with Crippen LogP contribution in [0.25, 0.3) is 43.4 Å². The van der Waals surface area contributed by atoms with Crippen molar-refractivity contribution in [3.8, 4) is 11.3 Å².